The molecule has 3 unspecified atom stereocenters. The van der Waals surface area contributed by atoms with E-state index in [1.807, 2.05) is 6.92 Å². The van der Waals surface area contributed by atoms with Crippen molar-refractivity contribution in [1.82, 2.24) is 0 Å². The first-order valence-electron chi connectivity index (χ1n) is 11.0. The average molecular weight is 391 g/mol. The summed E-state index contributed by atoms with van der Waals surface area (Å²) in [5.74, 6) is -0.183. The molecule has 3 atom stereocenters. The topological polar surface area (TPSA) is 44.8 Å². The van der Waals surface area contributed by atoms with Gasteiger partial charge in [0.15, 0.2) is 0 Å². The van der Waals surface area contributed by atoms with E-state index < -0.39 is 5.60 Å². The first-order valence-corrected chi connectivity index (χ1v) is 11.0. The van der Waals surface area contributed by atoms with Crippen molar-refractivity contribution < 1.29 is 19.3 Å². The molecule has 2 aliphatic rings. The van der Waals surface area contributed by atoms with Crippen LogP contribution in [0.1, 0.15) is 91.4 Å². The lowest BCUT2D eigenvalue weighted by molar-refractivity contribution is -0.428. The smallest absolute Gasteiger partial charge is 0.309 e. The van der Waals surface area contributed by atoms with Gasteiger partial charge in [0.25, 0.3) is 0 Å². The summed E-state index contributed by atoms with van der Waals surface area (Å²) in [6.07, 6.45) is 24.1. The Morgan fingerprint density at radius 2 is 1.64 bits per heavy atom. The molecule has 2 aliphatic heterocycles. The quantitative estimate of drug-likeness (QED) is 0.168. The zero-order valence-electron chi connectivity index (χ0n) is 18.0. The summed E-state index contributed by atoms with van der Waals surface area (Å²) in [7, 11) is 0. The average Bonchev–Trinajstić information content (AvgIpc) is 2.94. The van der Waals surface area contributed by atoms with Gasteiger partial charge in [-0.1, -0.05) is 75.5 Å². The summed E-state index contributed by atoms with van der Waals surface area (Å²) in [5, 5.41) is 0. The van der Waals surface area contributed by atoms with Crippen molar-refractivity contribution in [2.24, 2.45) is 0 Å². The van der Waals surface area contributed by atoms with Crippen LogP contribution in [-0.2, 0) is 19.3 Å². The van der Waals surface area contributed by atoms with Crippen molar-refractivity contribution in [3.8, 4) is 0 Å². The Morgan fingerprint density at radius 3 is 2.39 bits per heavy atom. The third-order valence-electron chi connectivity index (χ3n) is 5.61. The van der Waals surface area contributed by atoms with Gasteiger partial charge in [-0.25, -0.2) is 9.78 Å². The van der Waals surface area contributed by atoms with E-state index >= 15 is 0 Å². The van der Waals surface area contributed by atoms with Gasteiger partial charge in [0.2, 0.25) is 0 Å². The van der Waals surface area contributed by atoms with Crippen molar-refractivity contribution in [3.63, 3.8) is 0 Å². The molecule has 158 valence electrons. The Morgan fingerprint density at radius 1 is 0.964 bits per heavy atom. The van der Waals surface area contributed by atoms with Crippen LogP contribution in [0.5, 0.6) is 0 Å². The molecule has 4 heteroatoms. The van der Waals surface area contributed by atoms with E-state index in [4.69, 9.17) is 14.5 Å². The molecule has 0 aromatic heterocycles. The predicted octanol–water partition coefficient (Wildman–Crippen LogP) is 6.37. The Balaban J connectivity index is 1.51. The molecule has 28 heavy (non-hydrogen) atoms. The third-order valence-corrected chi connectivity index (χ3v) is 5.61. The van der Waals surface area contributed by atoms with E-state index in [0.717, 1.165) is 25.7 Å². The standard InChI is InChI=1S/C24H38O4/c1-4-5-6-7-8-9-10-11-12-13-14-15-16-17-18-23(2)20-24(3)21(27-28-23)19-22(25)26-24/h6-11,21H,4-5,12-20H2,1-3H3. The minimum Gasteiger partial charge on any atom is -0.456 e. The van der Waals surface area contributed by atoms with Crippen LogP contribution in [0.3, 0.4) is 0 Å². The Bertz CT molecular complexity index is 565. The number of rotatable bonds is 12. The van der Waals surface area contributed by atoms with Crippen molar-refractivity contribution in [2.45, 2.75) is 109 Å². The molecular formula is C24H38O4. The van der Waals surface area contributed by atoms with E-state index in [2.05, 4.69) is 50.3 Å². The zero-order valence-corrected chi connectivity index (χ0v) is 18.0. The maximum absolute atomic E-state index is 11.6. The van der Waals surface area contributed by atoms with E-state index in [9.17, 15) is 4.79 Å². The van der Waals surface area contributed by atoms with Crippen LogP contribution >= 0.6 is 0 Å². The predicted molar refractivity (Wildman–Crippen MR) is 113 cm³/mol. The fourth-order valence-electron chi connectivity index (χ4n) is 4.03. The van der Waals surface area contributed by atoms with Gasteiger partial charge in [0, 0.05) is 6.42 Å². The van der Waals surface area contributed by atoms with Crippen molar-refractivity contribution in [1.29, 1.82) is 0 Å². The summed E-state index contributed by atoms with van der Waals surface area (Å²) in [6, 6.07) is 0. The first kappa shape index (κ1) is 22.9. The van der Waals surface area contributed by atoms with Crippen LogP contribution in [0.2, 0.25) is 0 Å². The number of ether oxygens (including phenoxy) is 1. The molecule has 0 aromatic carbocycles. The maximum atomic E-state index is 11.6. The fourth-order valence-corrected chi connectivity index (χ4v) is 4.03. The molecule has 0 saturated carbocycles. The number of carbonyl (C=O) groups excluding carboxylic acids is 1. The molecule has 0 N–H and O–H groups in total. The van der Waals surface area contributed by atoms with Gasteiger partial charge >= 0.3 is 5.97 Å². The number of allylic oxidation sites excluding steroid dienone is 6. The van der Waals surface area contributed by atoms with Gasteiger partial charge in [-0.05, 0) is 39.5 Å². The van der Waals surface area contributed by atoms with Gasteiger partial charge < -0.3 is 4.74 Å². The molecule has 0 bridgehead atoms. The van der Waals surface area contributed by atoms with Crippen LogP contribution in [0.15, 0.2) is 36.5 Å². The summed E-state index contributed by atoms with van der Waals surface area (Å²) < 4.78 is 5.51. The largest absolute Gasteiger partial charge is 0.456 e. The highest BCUT2D eigenvalue weighted by atomic mass is 17.2. The van der Waals surface area contributed by atoms with Crippen molar-refractivity contribution in [3.05, 3.63) is 36.5 Å². The SMILES string of the molecule is CCCC=CC=CC=CCCCCCCCC1(C)CC2(C)OC(=O)CC2OO1. The summed E-state index contributed by atoms with van der Waals surface area (Å²) >= 11 is 0. The molecule has 2 rings (SSSR count). The second-order valence-corrected chi connectivity index (χ2v) is 8.62. The third kappa shape index (κ3) is 7.56. The fraction of sp³-hybridized carbons (Fsp3) is 0.708. The van der Waals surface area contributed by atoms with E-state index in [0.29, 0.717) is 12.8 Å². The molecule has 2 saturated heterocycles. The van der Waals surface area contributed by atoms with E-state index in [-0.39, 0.29) is 17.7 Å². The van der Waals surface area contributed by atoms with Crippen LogP contribution in [0.25, 0.3) is 0 Å². The number of hydrogen-bond acceptors (Lipinski definition) is 4. The Kier molecular flexibility index (Phi) is 9.46. The summed E-state index contributed by atoms with van der Waals surface area (Å²) in [5.41, 5.74) is -0.896. The van der Waals surface area contributed by atoms with Gasteiger partial charge in [0.1, 0.15) is 17.3 Å². The molecule has 0 radical (unpaired) electrons. The summed E-state index contributed by atoms with van der Waals surface area (Å²) in [4.78, 5) is 22.7. The van der Waals surface area contributed by atoms with Crippen LogP contribution in [0.4, 0.5) is 0 Å². The molecular weight excluding hydrogens is 352 g/mol. The molecule has 0 aromatic rings. The number of hydrogen-bond donors (Lipinski definition) is 0. The van der Waals surface area contributed by atoms with Crippen LogP contribution < -0.4 is 0 Å². The minimum absolute atomic E-state index is 0.183. The number of esters is 1. The zero-order chi connectivity index (χ0) is 20.3. The molecule has 0 spiro atoms. The lowest BCUT2D eigenvalue weighted by Gasteiger charge is -2.43. The molecule has 2 heterocycles. The second-order valence-electron chi connectivity index (χ2n) is 8.62. The molecule has 4 nitrogen and oxygen atoms in total. The lowest BCUT2D eigenvalue weighted by Crippen LogP contribution is -2.51. The highest BCUT2D eigenvalue weighted by molar-refractivity contribution is 5.73. The normalized spacial score (nSPS) is 30.5. The van der Waals surface area contributed by atoms with E-state index in [1.165, 1.54) is 32.1 Å². The minimum atomic E-state index is -0.531. The Hall–Kier alpha value is -1.39. The van der Waals surface area contributed by atoms with Gasteiger partial charge in [-0.15, -0.1) is 0 Å². The number of fused-ring (bicyclic) bond motifs is 1. The first-order chi connectivity index (χ1) is 13.5. The van der Waals surface area contributed by atoms with Crippen molar-refractivity contribution >= 4 is 5.97 Å². The highest BCUT2D eigenvalue weighted by Crippen LogP contribution is 2.44. The monoisotopic (exact) mass is 390 g/mol. The second kappa shape index (κ2) is 11.6. The summed E-state index contributed by atoms with van der Waals surface area (Å²) in [6.45, 7) is 6.22. The molecule has 2 fully saturated rings. The number of unbranched alkanes of at least 4 members (excludes halogenated alkanes) is 6. The van der Waals surface area contributed by atoms with E-state index in [1.54, 1.807) is 0 Å². The van der Waals surface area contributed by atoms with Gasteiger partial charge in [-0.3, -0.25) is 4.79 Å². The van der Waals surface area contributed by atoms with Gasteiger partial charge in [-0.2, -0.15) is 0 Å². The van der Waals surface area contributed by atoms with Gasteiger partial charge in [0.05, 0.1) is 6.42 Å². The number of carbonyl (C=O) groups is 1. The lowest BCUT2D eigenvalue weighted by atomic mass is 9.82. The highest BCUT2D eigenvalue weighted by Gasteiger charge is 2.55. The van der Waals surface area contributed by atoms with Crippen molar-refractivity contribution in [2.75, 3.05) is 0 Å². The Labute approximate surface area is 170 Å². The maximum Gasteiger partial charge on any atom is 0.309 e. The molecule has 0 amide bonds. The van der Waals surface area contributed by atoms with Crippen LogP contribution in [-0.4, -0.2) is 23.3 Å². The van der Waals surface area contributed by atoms with Crippen LogP contribution in [0, 0.1) is 0 Å². The molecule has 0 aliphatic carbocycles.